The van der Waals surface area contributed by atoms with E-state index in [-0.39, 0.29) is 29.2 Å². The maximum absolute atomic E-state index is 13.7. The number of hydrogen-bond donors (Lipinski definition) is 1. The lowest BCUT2D eigenvalue weighted by atomic mass is 10.1. The molecule has 1 N–H and O–H groups in total. The van der Waals surface area contributed by atoms with E-state index in [9.17, 15) is 22.0 Å². The molecule has 2 aromatic carbocycles. The van der Waals surface area contributed by atoms with Gasteiger partial charge in [-0.05, 0) is 67.4 Å². The Kier molecular flexibility index (Phi) is 5.06. The zero-order valence-corrected chi connectivity index (χ0v) is 14.9. The molecule has 1 aliphatic rings. The van der Waals surface area contributed by atoms with Crippen molar-refractivity contribution in [3.05, 3.63) is 59.2 Å². The van der Waals surface area contributed by atoms with Crippen molar-refractivity contribution in [1.82, 2.24) is 4.72 Å². The maximum atomic E-state index is 13.7. The van der Waals surface area contributed by atoms with Gasteiger partial charge in [-0.3, -0.25) is 4.79 Å². The van der Waals surface area contributed by atoms with Gasteiger partial charge in [0.2, 0.25) is 15.9 Å². The third kappa shape index (κ3) is 3.61. The molecule has 0 radical (unpaired) electrons. The molecule has 0 unspecified atom stereocenters. The van der Waals surface area contributed by atoms with Gasteiger partial charge < -0.3 is 4.90 Å². The van der Waals surface area contributed by atoms with Gasteiger partial charge >= 0.3 is 0 Å². The number of anilines is 1. The number of carbonyl (C=O) groups is 1. The van der Waals surface area contributed by atoms with Crippen molar-refractivity contribution >= 4 is 21.6 Å². The highest BCUT2D eigenvalue weighted by Gasteiger charge is 2.26. The highest BCUT2D eigenvalue weighted by atomic mass is 32.2. The summed E-state index contributed by atoms with van der Waals surface area (Å²) in [4.78, 5) is 14.2. The normalized spacial score (nSPS) is 13.7. The van der Waals surface area contributed by atoms with Crippen LogP contribution in [0.25, 0.3) is 0 Å². The number of benzene rings is 2. The highest BCUT2D eigenvalue weighted by Crippen LogP contribution is 2.31. The minimum absolute atomic E-state index is 0.0381. The van der Waals surface area contributed by atoms with Crippen LogP contribution in [0.5, 0.6) is 0 Å². The molecule has 0 spiro atoms. The number of carbonyl (C=O) groups excluding carboxylic acids is 1. The van der Waals surface area contributed by atoms with Crippen molar-refractivity contribution in [2.24, 2.45) is 0 Å². The van der Waals surface area contributed by atoms with E-state index in [1.54, 1.807) is 17.0 Å². The molecule has 1 heterocycles. The SMILES string of the molecule is CNS(=O)(=O)c1ccc2c(c1)CCN2C(=O)CCc1cc(F)ccc1F. The summed E-state index contributed by atoms with van der Waals surface area (Å²) in [5, 5.41) is 0. The second-order valence-electron chi connectivity index (χ2n) is 6.03. The first-order valence-corrected chi connectivity index (χ1v) is 9.61. The lowest BCUT2D eigenvalue weighted by Crippen LogP contribution is -2.29. The van der Waals surface area contributed by atoms with Crippen molar-refractivity contribution in [1.29, 1.82) is 0 Å². The van der Waals surface area contributed by atoms with Crippen LogP contribution in [0.15, 0.2) is 41.3 Å². The number of aryl methyl sites for hydroxylation is 1. The fraction of sp³-hybridized carbons (Fsp3) is 0.278. The third-order valence-corrected chi connectivity index (χ3v) is 5.85. The number of nitrogens with one attached hydrogen (secondary N) is 1. The zero-order valence-electron chi connectivity index (χ0n) is 14.1. The fourth-order valence-corrected chi connectivity index (χ4v) is 3.81. The zero-order chi connectivity index (χ0) is 18.9. The van der Waals surface area contributed by atoms with Gasteiger partial charge in [0.25, 0.3) is 0 Å². The summed E-state index contributed by atoms with van der Waals surface area (Å²) in [6.45, 7) is 0.433. The number of rotatable bonds is 5. The number of hydrogen-bond acceptors (Lipinski definition) is 3. The van der Waals surface area contributed by atoms with Gasteiger partial charge in [0, 0.05) is 18.7 Å². The van der Waals surface area contributed by atoms with Crippen LogP contribution in [0.3, 0.4) is 0 Å². The van der Waals surface area contributed by atoms with Gasteiger partial charge in [-0.2, -0.15) is 0 Å². The van der Waals surface area contributed by atoms with Crippen molar-refractivity contribution in [2.75, 3.05) is 18.5 Å². The van der Waals surface area contributed by atoms with Crippen LogP contribution in [0.4, 0.5) is 14.5 Å². The molecule has 0 atom stereocenters. The van der Waals surface area contributed by atoms with Crippen LogP contribution in [0.2, 0.25) is 0 Å². The molecule has 0 saturated carbocycles. The molecule has 0 bridgehead atoms. The summed E-state index contributed by atoms with van der Waals surface area (Å²) in [7, 11) is -2.21. The van der Waals surface area contributed by atoms with Gasteiger partial charge in [-0.1, -0.05) is 0 Å². The molecule has 3 rings (SSSR count). The molecule has 0 saturated heterocycles. The minimum Gasteiger partial charge on any atom is -0.312 e. The molecule has 0 fully saturated rings. The van der Waals surface area contributed by atoms with Gasteiger partial charge in [0.15, 0.2) is 0 Å². The molecule has 0 aliphatic carbocycles. The van der Waals surface area contributed by atoms with E-state index >= 15 is 0 Å². The number of sulfonamides is 1. The smallest absolute Gasteiger partial charge is 0.240 e. The molecule has 1 aliphatic heterocycles. The van der Waals surface area contributed by atoms with E-state index < -0.39 is 21.7 Å². The number of amides is 1. The van der Waals surface area contributed by atoms with E-state index in [0.29, 0.717) is 18.7 Å². The highest BCUT2D eigenvalue weighted by molar-refractivity contribution is 7.89. The Balaban J connectivity index is 1.74. The molecule has 138 valence electrons. The van der Waals surface area contributed by atoms with Crippen LogP contribution in [-0.2, 0) is 27.7 Å². The van der Waals surface area contributed by atoms with Crippen molar-refractivity contribution < 1.29 is 22.0 Å². The topological polar surface area (TPSA) is 66.5 Å². The molecular weight excluding hydrogens is 362 g/mol. The van der Waals surface area contributed by atoms with E-state index in [4.69, 9.17) is 0 Å². The Bertz CT molecular complexity index is 961. The fourth-order valence-electron chi connectivity index (χ4n) is 3.03. The predicted molar refractivity (Wildman–Crippen MR) is 93.4 cm³/mol. The van der Waals surface area contributed by atoms with E-state index in [0.717, 1.165) is 23.8 Å². The second kappa shape index (κ2) is 7.13. The Hall–Kier alpha value is -2.32. The molecule has 26 heavy (non-hydrogen) atoms. The van der Waals surface area contributed by atoms with Crippen LogP contribution >= 0.6 is 0 Å². The van der Waals surface area contributed by atoms with E-state index in [2.05, 4.69) is 4.72 Å². The average molecular weight is 380 g/mol. The Morgan fingerprint density at radius 3 is 2.69 bits per heavy atom. The predicted octanol–water partition coefficient (Wildman–Crippen LogP) is 2.39. The number of nitrogens with zero attached hydrogens (tertiary/aromatic N) is 1. The maximum Gasteiger partial charge on any atom is 0.240 e. The third-order valence-electron chi connectivity index (χ3n) is 4.44. The van der Waals surface area contributed by atoms with Gasteiger partial charge in [-0.15, -0.1) is 0 Å². The average Bonchev–Trinajstić information content (AvgIpc) is 3.05. The summed E-state index contributed by atoms with van der Waals surface area (Å²) < 4.78 is 52.9. The molecule has 2 aromatic rings. The second-order valence-corrected chi connectivity index (χ2v) is 7.92. The monoisotopic (exact) mass is 380 g/mol. The van der Waals surface area contributed by atoms with Gasteiger partial charge in [0.1, 0.15) is 11.6 Å². The summed E-state index contributed by atoms with van der Waals surface area (Å²) in [6, 6.07) is 7.78. The first-order chi connectivity index (χ1) is 12.3. The van der Waals surface area contributed by atoms with Crippen LogP contribution in [-0.4, -0.2) is 27.9 Å². The van der Waals surface area contributed by atoms with Crippen molar-refractivity contribution in [3.8, 4) is 0 Å². The Labute approximate surface area is 150 Å². The van der Waals surface area contributed by atoms with Crippen molar-refractivity contribution in [3.63, 3.8) is 0 Å². The lowest BCUT2D eigenvalue weighted by molar-refractivity contribution is -0.118. The molecule has 0 aromatic heterocycles. The summed E-state index contributed by atoms with van der Waals surface area (Å²) >= 11 is 0. The van der Waals surface area contributed by atoms with E-state index in [1.165, 1.54) is 13.1 Å². The number of halogens is 2. The summed E-state index contributed by atoms with van der Waals surface area (Å²) in [6.07, 6.45) is 0.680. The molecule has 1 amide bonds. The van der Waals surface area contributed by atoms with Crippen molar-refractivity contribution in [2.45, 2.75) is 24.2 Å². The standard InChI is InChI=1S/C18H18F2N2O3S/c1-21-26(24,25)15-4-6-17-13(11-15)8-9-22(17)18(23)7-2-12-10-14(19)3-5-16(12)20/h3-6,10-11,21H,2,7-9H2,1H3. The molecule has 5 nitrogen and oxygen atoms in total. The van der Waals surface area contributed by atoms with Gasteiger partial charge in [-0.25, -0.2) is 21.9 Å². The lowest BCUT2D eigenvalue weighted by Gasteiger charge is -2.18. The quantitative estimate of drug-likeness (QED) is 0.866. The number of fused-ring (bicyclic) bond motifs is 1. The minimum atomic E-state index is -3.54. The van der Waals surface area contributed by atoms with Crippen LogP contribution in [0, 0.1) is 11.6 Å². The molecule has 8 heteroatoms. The Morgan fingerprint density at radius 2 is 1.96 bits per heavy atom. The summed E-state index contributed by atoms with van der Waals surface area (Å²) in [5.41, 5.74) is 1.59. The summed E-state index contributed by atoms with van der Waals surface area (Å²) in [5.74, 6) is -1.29. The molecular formula is C18H18F2N2O3S. The first kappa shape index (κ1) is 18.5. The van der Waals surface area contributed by atoms with E-state index in [1.807, 2.05) is 0 Å². The largest absolute Gasteiger partial charge is 0.312 e. The van der Waals surface area contributed by atoms with Crippen LogP contribution < -0.4 is 9.62 Å². The first-order valence-electron chi connectivity index (χ1n) is 8.12. The van der Waals surface area contributed by atoms with Crippen LogP contribution in [0.1, 0.15) is 17.5 Å². The van der Waals surface area contributed by atoms with Gasteiger partial charge in [0.05, 0.1) is 4.90 Å². The Morgan fingerprint density at radius 1 is 1.19 bits per heavy atom.